The molecule has 0 saturated heterocycles. The number of carbonyl (C=O) groups is 3. The summed E-state index contributed by atoms with van der Waals surface area (Å²) >= 11 is 0. The Hall–Kier alpha value is -1.83. The zero-order valence-electron chi connectivity index (χ0n) is 11.1. The first-order chi connectivity index (χ1) is 8.86. The third-order valence-electron chi connectivity index (χ3n) is 2.40. The van der Waals surface area contributed by atoms with Crippen molar-refractivity contribution < 1.29 is 24.6 Å². The monoisotopic (exact) mass is 275 g/mol. The summed E-state index contributed by atoms with van der Waals surface area (Å²) in [5.41, 5.74) is 0. The van der Waals surface area contributed by atoms with Gasteiger partial charge in [-0.25, -0.2) is 9.59 Å². The molecule has 0 rings (SSSR count). The Morgan fingerprint density at radius 1 is 1.21 bits per heavy atom. The van der Waals surface area contributed by atoms with Crippen LogP contribution in [-0.2, 0) is 9.59 Å². The SMILES string of the molecule is CCC(C)NC(=O)CCNC(=O)NCC(O)C(=O)O. The van der Waals surface area contributed by atoms with Crippen LogP contribution in [0.2, 0.25) is 0 Å². The van der Waals surface area contributed by atoms with E-state index in [9.17, 15) is 14.4 Å². The summed E-state index contributed by atoms with van der Waals surface area (Å²) in [5, 5.41) is 24.6. The maximum Gasteiger partial charge on any atom is 0.334 e. The lowest BCUT2D eigenvalue weighted by Crippen LogP contribution is -2.43. The smallest absolute Gasteiger partial charge is 0.334 e. The van der Waals surface area contributed by atoms with Crippen molar-refractivity contribution in [3.8, 4) is 0 Å². The number of aliphatic hydroxyl groups is 1. The zero-order valence-corrected chi connectivity index (χ0v) is 11.1. The minimum absolute atomic E-state index is 0.0899. The van der Waals surface area contributed by atoms with Gasteiger partial charge >= 0.3 is 12.0 Å². The van der Waals surface area contributed by atoms with Gasteiger partial charge in [0.05, 0.1) is 6.54 Å². The number of carbonyl (C=O) groups excluding carboxylic acids is 2. The second-order valence-corrected chi connectivity index (χ2v) is 4.12. The Morgan fingerprint density at radius 2 is 1.84 bits per heavy atom. The van der Waals surface area contributed by atoms with E-state index in [0.29, 0.717) is 0 Å². The fourth-order valence-corrected chi connectivity index (χ4v) is 1.08. The van der Waals surface area contributed by atoms with Crippen LogP contribution in [0.4, 0.5) is 4.79 Å². The van der Waals surface area contributed by atoms with Gasteiger partial charge in [0.2, 0.25) is 5.91 Å². The summed E-state index contributed by atoms with van der Waals surface area (Å²) in [6.07, 6.45) is -0.675. The average Bonchev–Trinajstić information content (AvgIpc) is 2.35. The zero-order chi connectivity index (χ0) is 14.8. The van der Waals surface area contributed by atoms with Crippen LogP contribution in [0.3, 0.4) is 0 Å². The first-order valence-corrected chi connectivity index (χ1v) is 6.08. The number of rotatable bonds is 8. The Bertz CT molecular complexity index is 321. The van der Waals surface area contributed by atoms with Gasteiger partial charge in [-0.1, -0.05) is 6.92 Å². The third-order valence-corrected chi connectivity index (χ3v) is 2.40. The van der Waals surface area contributed by atoms with E-state index in [-0.39, 0.29) is 31.5 Å². The molecule has 8 nitrogen and oxygen atoms in total. The first kappa shape index (κ1) is 17.2. The highest BCUT2D eigenvalue weighted by Crippen LogP contribution is 1.89. The van der Waals surface area contributed by atoms with Crippen LogP contribution in [0, 0.1) is 0 Å². The maximum atomic E-state index is 11.3. The van der Waals surface area contributed by atoms with Crippen molar-refractivity contribution in [2.24, 2.45) is 0 Å². The van der Waals surface area contributed by atoms with Crippen LogP contribution in [0.5, 0.6) is 0 Å². The molecular weight excluding hydrogens is 254 g/mol. The summed E-state index contributed by atoms with van der Waals surface area (Å²) in [6.45, 7) is 3.58. The average molecular weight is 275 g/mol. The fourth-order valence-electron chi connectivity index (χ4n) is 1.08. The summed E-state index contributed by atoms with van der Waals surface area (Å²) in [7, 11) is 0. The lowest BCUT2D eigenvalue weighted by molar-refractivity contribution is -0.146. The summed E-state index contributed by atoms with van der Waals surface area (Å²) in [6, 6.07) is -0.538. The van der Waals surface area contributed by atoms with Gasteiger partial charge in [0.15, 0.2) is 6.10 Å². The van der Waals surface area contributed by atoms with Crippen LogP contribution in [0.1, 0.15) is 26.7 Å². The van der Waals surface area contributed by atoms with E-state index in [1.54, 1.807) is 0 Å². The number of aliphatic carboxylic acids is 1. The molecule has 0 spiro atoms. The minimum atomic E-state index is -1.64. The molecule has 110 valence electrons. The highest BCUT2D eigenvalue weighted by molar-refractivity contribution is 5.79. The molecule has 0 saturated carbocycles. The molecule has 0 aliphatic rings. The van der Waals surface area contributed by atoms with E-state index in [4.69, 9.17) is 10.2 Å². The topological polar surface area (TPSA) is 128 Å². The van der Waals surface area contributed by atoms with Crippen molar-refractivity contribution in [2.45, 2.75) is 38.8 Å². The first-order valence-electron chi connectivity index (χ1n) is 6.08. The molecule has 19 heavy (non-hydrogen) atoms. The molecule has 0 fully saturated rings. The molecule has 8 heteroatoms. The van der Waals surface area contributed by atoms with E-state index in [1.807, 2.05) is 13.8 Å². The molecule has 0 heterocycles. The molecule has 0 aromatic heterocycles. The molecule has 0 aliphatic heterocycles. The van der Waals surface area contributed by atoms with Gasteiger partial charge < -0.3 is 26.2 Å². The predicted octanol–water partition coefficient (Wildman–Crippen LogP) is -0.964. The summed E-state index contributed by atoms with van der Waals surface area (Å²) < 4.78 is 0. The van der Waals surface area contributed by atoms with Crippen molar-refractivity contribution in [1.29, 1.82) is 0 Å². The Morgan fingerprint density at radius 3 is 2.37 bits per heavy atom. The predicted molar refractivity (Wildman–Crippen MR) is 67.6 cm³/mol. The fraction of sp³-hybridized carbons (Fsp3) is 0.727. The standard InChI is InChI=1S/C11H21N3O5/c1-3-7(2)14-9(16)4-5-12-11(19)13-6-8(15)10(17)18/h7-8,15H,3-6H2,1-2H3,(H,14,16)(H,17,18)(H2,12,13,19). The Balaban J connectivity index is 3.69. The lowest BCUT2D eigenvalue weighted by Gasteiger charge is -2.12. The molecule has 5 N–H and O–H groups in total. The normalized spacial score (nSPS) is 13.2. The molecule has 0 aromatic carbocycles. The van der Waals surface area contributed by atoms with Gasteiger partial charge in [0, 0.05) is 19.0 Å². The van der Waals surface area contributed by atoms with E-state index in [2.05, 4.69) is 16.0 Å². The van der Waals surface area contributed by atoms with Gasteiger partial charge in [-0.15, -0.1) is 0 Å². The number of hydrogen-bond acceptors (Lipinski definition) is 4. The highest BCUT2D eigenvalue weighted by Gasteiger charge is 2.13. The second kappa shape index (κ2) is 9.15. The van der Waals surface area contributed by atoms with Crippen LogP contribution in [0.15, 0.2) is 0 Å². The molecule has 2 atom stereocenters. The quantitative estimate of drug-likeness (QED) is 0.389. The molecule has 0 aromatic rings. The molecule has 0 bridgehead atoms. The molecule has 2 unspecified atom stereocenters. The molecular formula is C11H21N3O5. The summed E-state index contributed by atoms with van der Waals surface area (Å²) in [4.78, 5) is 32.8. The summed E-state index contributed by atoms with van der Waals surface area (Å²) in [5.74, 6) is -1.58. The number of nitrogens with one attached hydrogen (secondary N) is 3. The minimum Gasteiger partial charge on any atom is -0.479 e. The number of aliphatic hydroxyl groups excluding tert-OH is 1. The largest absolute Gasteiger partial charge is 0.479 e. The molecule has 0 aliphatic carbocycles. The van der Waals surface area contributed by atoms with E-state index < -0.39 is 18.1 Å². The van der Waals surface area contributed by atoms with Gasteiger partial charge in [-0.3, -0.25) is 4.79 Å². The van der Waals surface area contributed by atoms with Crippen LogP contribution in [0.25, 0.3) is 0 Å². The maximum absolute atomic E-state index is 11.3. The van der Waals surface area contributed by atoms with Crippen LogP contribution < -0.4 is 16.0 Å². The number of carboxylic acid groups (broad SMARTS) is 1. The van der Waals surface area contributed by atoms with Gasteiger partial charge in [0.1, 0.15) is 0 Å². The van der Waals surface area contributed by atoms with Gasteiger partial charge in [0.25, 0.3) is 0 Å². The number of carboxylic acids is 1. The molecule has 3 amide bonds. The highest BCUT2D eigenvalue weighted by atomic mass is 16.4. The number of urea groups is 1. The van der Waals surface area contributed by atoms with Crippen molar-refractivity contribution >= 4 is 17.9 Å². The Kier molecular flexibility index (Phi) is 8.27. The lowest BCUT2D eigenvalue weighted by atomic mass is 10.2. The van der Waals surface area contributed by atoms with Crippen molar-refractivity contribution in [1.82, 2.24) is 16.0 Å². The number of hydrogen-bond donors (Lipinski definition) is 5. The van der Waals surface area contributed by atoms with Gasteiger partial charge in [-0.05, 0) is 13.3 Å². The van der Waals surface area contributed by atoms with E-state index >= 15 is 0 Å². The third kappa shape index (κ3) is 8.83. The number of amides is 3. The van der Waals surface area contributed by atoms with Crippen molar-refractivity contribution in [2.75, 3.05) is 13.1 Å². The molecule has 0 radical (unpaired) electrons. The second-order valence-electron chi connectivity index (χ2n) is 4.12. The van der Waals surface area contributed by atoms with E-state index in [0.717, 1.165) is 6.42 Å². The van der Waals surface area contributed by atoms with Crippen LogP contribution in [-0.4, -0.2) is 53.4 Å². The van der Waals surface area contributed by atoms with Crippen molar-refractivity contribution in [3.05, 3.63) is 0 Å². The van der Waals surface area contributed by atoms with Gasteiger partial charge in [-0.2, -0.15) is 0 Å². The Labute approximate surface area is 111 Å². The van der Waals surface area contributed by atoms with E-state index in [1.165, 1.54) is 0 Å². The van der Waals surface area contributed by atoms with Crippen molar-refractivity contribution in [3.63, 3.8) is 0 Å². The van der Waals surface area contributed by atoms with Crippen LogP contribution >= 0.6 is 0 Å².